The van der Waals surface area contributed by atoms with Crippen molar-refractivity contribution in [1.29, 1.82) is 5.26 Å². The van der Waals surface area contributed by atoms with E-state index >= 15 is 0 Å². The summed E-state index contributed by atoms with van der Waals surface area (Å²) in [5, 5.41) is 10.4. The molecule has 0 aliphatic carbocycles. The minimum absolute atomic E-state index is 0.0353. The number of hydrogen-bond donors (Lipinski definition) is 1. The summed E-state index contributed by atoms with van der Waals surface area (Å²) in [6.07, 6.45) is 2.97. The maximum Gasteiger partial charge on any atom is 0.196 e. The average molecular weight is 551 g/mol. The molecule has 2 N–H and O–H groups in total. The van der Waals surface area contributed by atoms with Gasteiger partial charge in [0.2, 0.25) is 0 Å². The fourth-order valence-corrected chi connectivity index (χ4v) is 5.34. The van der Waals surface area contributed by atoms with E-state index in [-0.39, 0.29) is 17.4 Å². The van der Waals surface area contributed by atoms with Crippen molar-refractivity contribution >= 4 is 22.6 Å². The van der Waals surface area contributed by atoms with Gasteiger partial charge in [-0.1, -0.05) is 67.4 Å². The number of imidazole rings is 1. The average Bonchev–Trinajstić information content (AvgIpc) is 3.34. The normalized spacial score (nSPS) is 12.1. The van der Waals surface area contributed by atoms with Crippen LogP contribution in [-0.2, 0) is 12.8 Å². The minimum Gasteiger partial charge on any atom is -0.458 e. The van der Waals surface area contributed by atoms with E-state index in [1.807, 2.05) is 24.4 Å². The number of aryl methyl sites for hydroxylation is 1. The molecule has 1 atom stereocenters. The smallest absolute Gasteiger partial charge is 0.196 e. The summed E-state index contributed by atoms with van der Waals surface area (Å²) >= 11 is 6.32. The van der Waals surface area contributed by atoms with Gasteiger partial charge < -0.3 is 14.7 Å². The van der Waals surface area contributed by atoms with Crippen LogP contribution in [-0.4, -0.2) is 16.1 Å². The number of hydrogen-bond acceptors (Lipinski definition) is 5. The van der Waals surface area contributed by atoms with E-state index in [4.69, 9.17) is 26.7 Å². The molecule has 0 radical (unpaired) electrons. The molecule has 5 aromatic rings. The minimum atomic E-state index is -0.347. The van der Waals surface area contributed by atoms with Gasteiger partial charge in [-0.3, -0.25) is 4.79 Å². The van der Waals surface area contributed by atoms with Crippen LogP contribution >= 0.6 is 11.6 Å². The van der Waals surface area contributed by atoms with Crippen LogP contribution < -0.4 is 11.2 Å². The predicted octanol–water partition coefficient (Wildman–Crippen LogP) is 6.83. The Hall–Kier alpha value is -4.18. The van der Waals surface area contributed by atoms with Gasteiger partial charge in [-0.05, 0) is 49.2 Å². The second-order valence-electron chi connectivity index (χ2n) is 10.5. The maximum absolute atomic E-state index is 14.1. The molecule has 0 spiro atoms. The molecule has 6 nitrogen and oxygen atoms in total. The Labute approximate surface area is 238 Å². The van der Waals surface area contributed by atoms with E-state index in [0.29, 0.717) is 52.3 Å². The maximum atomic E-state index is 14.1. The second kappa shape index (κ2) is 11.5. The molecule has 1 unspecified atom stereocenters. The largest absolute Gasteiger partial charge is 0.458 e. The lowest BCUT2D eigenvalue weighted by Crippen LogP contribution is -2.23. The van der Waals surface area contributed by atoms with Crippen LogP contribution in [0.25, 0.3) is 22.4 Å². The first-order valence-electron chi connectivity index (χ1n) is 13.4. The fraction of sp³-hybridized carbons (Fsp3) is 0.242. The topological polar surface area (TPSA) is 97.8 Å². The van der Waals surface area contributed by atoms with E-state index in [1.165, 1.54) is 0 Å². The number of halogens is 1. The molecule has 2 heterocycles. The van der Waals surface area contributed by atoms with Crippen molar-refractivity contribution in [2.45, 2.75) is 39.7 Å². The third kappa shape index (κ3) is 5.44. The molecule has 0 saturated heterocycles. The first-order valence-corrected chi connectivity index (χ1v) is 13.8. The molecule has 0 aliphatic heterocycles. The predicted molar refractivity (Wildman–Crippen MR) is 160 cm³/mol. The molecular weight excluding hydrogens is 520 g/mol. The Morgan fingerprint density at radius 1 is 1.10 bits per heavy atom. The van der Waals surface area contributed by atoms with Crippen molar-refractivity contribution in [2.75, 3.05) is 6.54 Å². The van der Waals surface area contributed by atoms with Crippen LogP contribution in [0.3, 0.4) is 0 Å². The van der Waals surface area contributed by atoms with Gasteiger partial charge in [0.1, 0.15) is 17.2 Å². The van der Waals surface area contributed by atoms with Crippen LogP contribution in [0.1, 0.15) is 53.6 Å². The number of nitrogens with two attached hydrogens (primary N) is 1. The van der Waals surface area contributed by atoms with Gasteiger partial charge in [0.15, 0.2) is 5.43 Å². The zero-order valence-corrected chi connectivity index (χ0v) is 23.6. The molecule has 202 valence electrons. The molecule has 3 aromatic carbocycles. The van der Waals surface area contributed by atoms with Crippen LogP contribution in [0, 0.1) is 24.2 Å². The Morgan fingerprint density at radius 3 is 2.58 bits per heavy atom. The molecular formula is C33H31ClN4O2. The first kappa shape index (κ1) is 27.4. The monoisotopic (exact) mass is 550 g/mol. The number of nitrogens with zero attached hydrogens (tertiary/aromatic N) is 3. The number of aromatic nitrogens is 2. The van der Waals surface area contributed by atoms with Crippen LogP contribution in [0.2, 0.25) is 5.02 Å². The van der Waals surface area contributed by atoms with Crippen molar-refractivity contribution in [3.8, 4) is 17.5 Å². The third-order valence-corrected chi connectivity index (χ3v) is 7.34. The van der Waals surface area contributed by atoms with Crippen LogP contribution in [0.15, 0.2) is 82.1 Å². The zero-order valence-electron chi connectivity index (χ0n) is 22.8. The van der Waals surface area contributed by atoms with Crippen LogP contribution in [0.5, 0.6) is 0 Å². The number of nitriles is 1. The van der Waals surface area contributed by atoms with Crippen molar-refractivity contribution in [3.05, 3.63) is 122 Å². The van der Waals surface area contributed by atoms with E-state index in [9.17, 15) is 10.1 Å². The van der Waals surface area contributed by atoms with Gasteiger partial charge >= 0.3 is 0 Å². The summed E-state index contributed by atoms with van der Waals surface area (Å²) in [5.41, 5.74) is 11.2. The molecule has 0 fully saturated rings. The molecule has 5 rings (SSSR count). The van der Waals surface area contributed by atoms with Crippen molar-refractivity contribution in [3.63, 3.8) is 0 Å². The molecule has 2 aromatic heterocycles. The summed E-state index contributed by atoms with van der Waals surface area (Å²) in [6.45, 7) is 6.74. The lowest BCUT2D eigenvalue weighted by molar-refractivity contribution is 0.359. The van der Waals surface area contributed by atoms with Gasteiger partial charge in [0.25, 0.3) is 0 Å². The summed E-state index contributed by atoms with van der Waals surface area (Å²) in [5.74, 6) is 1.38. The highest BCUT2D eigenvalue weighted by Gasteiger charge is 2.29. The lowest BCUT2D eigenvalue weighted by atomic mass is 9.92. The quantitative estimate of drug-likeness (QED) is 0.228. The highest BCUT2D eigenvalue weighted by Crippen LogP contribution is 2.36. The van der Waals surface area contributed by atoms with Crippen molar-refractivity contribution in [1.82, 2.24) is 9.55 Å². The van der Waals surface area contributed by atoms with E-state index < -0.39 is 0 Å². The fourth-order valence-electron chi connectivity index (χ4n) is 5.18. The Kier molecular flexibility index (Phi) is 7.88. The number of fused-ring (bicyclic) bond motifs is 1. The summed E-state index contributed by atoms with van der Waals surface area (Å²) in [4.78, 5) is 19.0. The van der Waals surface area contributed by atoms with Gasteiger partial charge in [-0.15, -0.1) is 0 Å². The standard InChI is InChI=1S/C33H31ClN4O2/c1-20(2)30(38-19-26(13-14-35)37-33(38)24-9-7-21(3)8-10-24)32-28(16-22-5-4-6-23(15-22)18-36)31(39)27-12-11-25(34)17-29(27)40-32/h4-12,15,17,19-20,30H,13-14,16,35H2,1-3H3. The number of rotatable bonds is 8. The summed E-state index contributed by atoms with van der Waals surface area (Å²) < 4.78 is 8.73. The van der Waals surface area contributed by atoms with Crippen molar-refractivity contribution < 1.29 is 4.42 Å². The molecule has 40 heavy (non-hydrogen) atoms. The van der Waals surface area contributed by atoms with Crippen molar-refractivity contribution in [2.24, 2.45) is 11.7 Å². The Morgan fingerprint density at radius 2 is 1.88 bits per heavy atom. The number of benzene rings is 3. The third-order valence-electron chi connectivity index (χ3n) is 7.11. The molecule has 0 aliphatic rings. The summed E-state index contributed by atoms with van der Waals surface area (Å²) in [6, 6.07) is 22.5. The Balaban J connectivity index is 1.78. The highest BCUT2D eigenvalue weighted by atomic mass is 35.5. The summed E-state index contributed by atoms with van der Waals surface area (Å²) in [7, 11) is 0. The zero-order chi connectivity index (χ0) is 28.4. The van der Waals surface area contributed by atoms with E-state index in [2.05, 4.69) is 55.7 Å². The van der Waals surface area contributed by atoms with Crippen LogP contribution in [0.4, 0.5) is 0 Å². The molecule has 0 saturated carbocycles. The van der Waals surface area contributed by atoms with E-state index in [1.54, 1.807) is 24.3 Å². The van der Waals surface area contributed by atoms with Gasteiger partial charge in [0, 0.05) is 41.3 Å². The van der Waals surface area contributed by atoms with Gasteiger partial charge in [-0.2, -0.15) is 5.26 Å². The van der Waals surface area contributed by atoms with Gasteiger partial charge in [0.05, 0.1) is 28.8 Å². The molecule has 0 amide bonds. The SMILES string of the molecule is Cc1ccc(-c2nc(CCN)cn2C(c2oc3cc(Cl)ccc3c(=O)c2Cc2cccc(C#N)c2)C(C)C)cc1. The first-order chi connectivity index (χ1) is 19.3. The molecule has 0 bridgehead atoms. The lowest BCUT2D eigenvalue weighted by Gasteiger charge is -2.26. The van der Waals surface area contributed by atoms with E-state index in [0.717, 1.165) is 28.2 Å². The molecule has 7 heteroatoms. The van der Waals surface area contributed by atoms with Gasteiger partial charge in [-0.25, -0.2) is 4.98 Å². The Bertz CT molecular complexity index is 1780. The second-order valence-corrected chi connectivity index (χ2v) is 10.9. The highest BCUT2D eigenvalue weighted by molar-refractivity contribution is 6.31.